The SMILES string of the molecule is CCNC(=NCCCCn1ccccc1=O)N1CCC(C(=O)OC)CC1.I. The first-order valence-electron chi connectivity index (χ1n) is 9.42. The van der Waals surface area contributed by atoms with E-state index in [9.17, 15) is 9.59 Å². The summed E-state index contributed by atoms with van der Waals surface area (Å²) in [5, 5.41) is 3.33. The Morgan fingerprint density at radius 3 is 2.67 bits per heavy atom. The van der Waals surface area contributed by atoms with E-state index in [0.717, 1.165) is 64.4 Å². The Morgan fingerprint density at radius 2 is 2.04 bits per heavy atom. The Hall–Kier alpha value is -1.58. The minimum Gasteiger partial charge on any atom is -0.469 e. The van der Waals surface area contributed by atoms with Crippen LogP contribution in [0.1, 0.15) is 32.6 Å². The maximum atomic E-state index is 11.7. The molecule has 0 aromatic carbocycles. The number of piperidine rings is 1. The van der Waals surface area contributed by atoms with E-state index >= 15 is 0 Å². The van der Waals surface area contributed by atoms with E-state index in [2.05, 4.69) is 17.1 Å². The zero-order valence-corrected chi connectivity index (χ0v) is 18.6. The molecule has 0 radical (unpaired) electrons. The number of aryl methyl sites for hydroxylation is 1. The fourth-order valence-corrected chi connectivity index (χ4v) is 3.14. The van der Waals surface area contributed by atoms with E-state index in [1.54, 1.807) is 16.7 Å². The van der Waals surface area contributed by atoms with Crippen LogP contribution in [0.15, 0.2) is 34.2 Å². The van der Waals surface area contributed by atoms with E-state index in [1.165, 1.54) is 7.11 Å². The van der Waals surface area contributed by atoms with Crippen LogP contribution in [0, 0.1) is 5.92 Å². The number of halogens is 1. The van der Waals surface area contributed by atoms with Gasteiger partial charge in [-0.1, -0.05) is 6.07 Å². The second-order valence-electron chi connectivity index (χ2n) is 6.46. The van der Waals surface area contributed by atoms with Gasteiger partial charge in [0, 0.05) is 45.0 Å². The third-order valence-corrected chi connectivity index (χ3v) is 4.63. The molecular weight excluding hydrogens is 459 g/mol. The Balaban J connectivity index is 0.00000364. The number of methoxy groups -OCH3 is 1. The molecule has 1 N–H and O–H groups in total. The number of hydrogen-bond donors (Lipinski definition) is 1. The van der Waals surface area contributed by atoms with Crippen LogP contribution < -0.4 is 10.9 Å². The van der Waals surface area contributed by atoms with Crippen LogP contribution >= 0.6 is 24.0 Å². The summed E-state index contributed by atoms with van der Waals surface area (Å²) in [6.07, 6.45) is 5.26. The molecule has 0 unspecified atom stereocenters. The van der Waals surface area contributed by atoms with Crippen molar-refractivity contribution in [2.24, 2.45) is 10.9 Å². The van der Waals surface area contributed by atoms with Crippen molar-refractivity contribution in [3.63, 3.8) is 0 Å². The van der Waals surface area contributed by atoms with Gasteiger partial charge >= 0.3 is 5.97 Å². The molecule has 8 heteroatoms. The number of hydrogen-bond acceptors (Lipinski definition) is 4. The number of carbonyl (C=O) groups excluding carboxylic acids is 1. The third kappa shape index (κ3) is 7.51. The van der Waals surface area contributed by atoms with E-state index in [-0.39, 0.29) is 41.4 Å². The summed E-state index contributed by atoms with van der Waals surface area (Å²) in [7, 11) is 1.45. The molecular formula is C19H31IN4O3. The first-order valence-corrected chi connectivity index (χ1v) is 9.42. The molecule has 0 bridgehead atoms. The highest BCUT2D eigenvalue weighted by molar-refractivity contribution is 14.0. The van der Waals surface area contributed by atoms with Crippen LogP contribution in [-0.4, -0.2) is 54.7 Å². The lowest BCUT2D eigenvalue weighted by molar-refractivity contribution is -0.146. The maximum absolute atomic E-state index is 11.7. The summed E-state index contributed by atoms with van der Waals surface area (Å²) in [5.74, 6) is 0.804. The lowest BCUT2D eigenvalue weighted by atomic mass is 9.97. The molecule has 2 rings (SSSR count). The molecule has 2 heterocycles. The number of ether oxygens (including phenoxy) is 1. The highest BCUT2D eigenvalue weighted by atomic mass is 127. The van der Waals surface area contributed by atoms with Crippen molar-refractivity contribution < 1.29 is 9.53 Å². The van der Waals surface area contributed by atoms with E-state index in [4.69, 9.17) is 9.73 Å². The molecule has 1 aliphatic heterocycles. The first-order chi connectivity index (χ1) is 12.7. The molecule has 1 fully saturated rings. The van der Waals surface area contributed by atoms with Gasteiger partial charge in [0.15, 0.2) is 5.96 Å². The molecule has 0 aliphatic carbocycles. The summed E-state index contributed by atoms with van der Waals surface area (Å²) in [4.78, 5) is 30.2. The maximum Gasteiger partial charge on any atom is 0.308 e. The molecule has 0 atom stereocenters. The Bertz CT molecular complexity index is 654. The monoisotopic (exact) mass is 490 g/mol. The summed E-state index contributed by atoms with van der Waals surface area (Å²) in [6.45, 7) is 5.93. The van der Waals surface area contributed by atoms with Gasteiger partial charge in [0.25, 0.3) is 0 Å². The van der Waals surface area contributed by atoms with E-state index < -0.39 is 0 Å². The number of rotatable bonds is 7. The molecule has 1 saturated heterocycles. The number of guanidine groups is 1. The Morgan fingerprint density at radius 1 is 1.30 bits per heavy atom. The average molecular weight is 490 g/mol. The lowest BCUT2D eigenvalue weighted by Gasteiger charge is -2.33. The predicted molar refractivity (Wildman–Crippen MR) is 118 cm³/mol. The topological polar surface area (TPSA) is 75.9 Å². The fourth-order valence-electron chi connectivity index (χ4n) is 3.14. The quantitative estimate of drug-likeness (QED) is 0.208. The predicted octanol–water partition coefficient (Wildman–Crippen LogP) is 2.10. The van der Waals surface area contributed by atoms with Crippen LogP contribution in [0.25, 0.3) is 0 Å². The second kappa shape index (κ2) is 12.7. The van der Waals surface area contributed by atoms with Gasteiger partial charge in [-0.05, 0) is 38.7 Å². The summed E-state index contributed by atoms with van der Waals surface area (Å²) in [6, 6.07) is 5.22. The second-order valence-corrected chi connectivity index (χ2v) is 6.46. The molecule has 1 aliphatic rings. The van der Waals surface area contributed by atoms with Crippen molar-refractivity contribution in [2.75, 3.05) is 33.3 Å². The molecule has 1 aromatic rings. The number of unbranched alkanes of at least 4 members (excludes halogenated alkanes) is 1. The summed E-state index contributed by atoms with van der Waals surface area (Å²) in [5.41, 5.74) is 0.0396. The van der Waals surface area contributed by atoms with Gasteiger partial charge in [-0.15, -0.1) is 24.0 Å². The van der Waals surface area contributed by atoms with Crippen molar-refractivity contribution in [2.45, 2.75) is 39.2 Å². The third-order valence-electron chi connectivity index (χ3n) is 4.63. The number of esters is 1. The van der Waals surface area contributed by atoms with Crippen molar-refractivity contribution >= 4 is 35.9 Å². The Kier molecular flexibility index (Phi) is 11.1. The van der Waals surface area contributed by atoms with E-state index in [0.29, 0.717) is 0 Å². The molecule has 27 heavy (non-hydrogen) atoms. The summed E-state index contributed by atoms with van der Waals surface area (Å²) >= 11 is 0. The van der Waals surface area contributed by atoms with Crippen molar-refractivity contribution in [1.29, 1.82) is 0 Å². The normalized spacial score (nSPS) is 15.2. The Labute approximate surface area is 178 Å². The van der Waals surface area contributed by atoms with Crippen molar-refractivity contribution in [3.8, 4) is 0 Å². The van der Waals surface area contributed by atoms with Gasteiger partial charge < -0.3 is 19.5 Å². The van der Waals surface area contributed by atoms with Crippen LogP contribution in [0.5, 0.6) is 0 Å². The largest absolute Gasteiger partial charge is 0.469 e. The number of aliphatic imine (C=N–C) groups is 1. The standard InChI is InChI=1S/C19H30N4O3.HI/c1-3-20-19(23-14-9-16(10-15-23)18(25)26-2)21-11-5-7-13-22-12-6-4-8-17(22)24;/h4,6,8,12,16H,3,5,7,9-11,13-15H2,1-2H3,(H,20,21);1H. The molecule has 0 amide bonds. The fraction of sp³-hybridized carbons (Fsp3) is 0.632. The van der Waals surface area contributed by atoms with Gasteiger partial charge in [0.2, 0.25) is 5.56 Å². The van der Waals surface area contributed by atoms with Gasteiger partial charge in [-0.3, -0.25) is 14.6 Å². The van der Waals surface area contributed by atoms with Crippen LogP contribution in [0.2, 0.25) is 0 Å². The zero-order valence-electron chi connectivity index (χ0n) is 16.2. The zero-order chi connectivity index (χ0) is 18.8. The number of pyridine rings is 1. The van der Waals surface area contributed by atoms with Crippen LogP contribution in [0.4, 0.5) is 0 Å². The van der Waals surface area contributed by atoms with E-state index in [1.807, 2.05) is 12.3 Å². The smallest absolute Gasteiger partial charge is 0.308 e. The number of nitrogens with one attached hydrogen (secondary N) is 1. The number of nitrogens with zero attached hydrogens (tertiary/aromatic N) is 3. The highest BCUT2D eigenvalue weighted by Crippen LogP contribution is 2.18. The minimum atomic E-state index is -0.109. The number of carbonyl (C=O) groups is 1. The molecule has 1 aromatic heterocycles. The van der Waals surface area contributed by atoms with Crippen molar-refractivity contribution in [1.82, 2.24) is 14.8 Å². The molecule has 0 spiro atoms. The molecule has 152 valence electrons. The van der Waals surface area contributed by atoms with Gasteiger partial charge in [0.1, 0.15) is 0 Å². The van der Waals surface area contributed by atoms with Crippen molar-refractivity contribution in [3.05, 3.63) is 34.7 Å². The van der Waals surface area contributed by atoms with Gasteiger partial charge in [0.05, 0.1) is 13.0 Å². The molecule has 7 nitrogen and oxygen atoms in total. The van der Waals surface area contributed by atoms with Crippen LogP contribution in [-0.2, 0) is 16.1 Å². The molecule has 0 saturated carbocycles. The summed E-state index contributed by atoms with van der Waals surface area (Å²) < 4.78 is 6.57. The number of likely N-dealkylation sites (tertiary alicyclic amines) is 1. The minimum absolute atomic E-state index is 0. The highest BCUT2D eigenvalue weighted by Gasteiger charge is 2.26. The number of aromatic nitrogens is 1. The van der Waals surface area contributed by atoms with Crippen LogP contribution in [0.3, 0.4) is 0 Å². The lowest BCUT2D eigenvalue weighted by Crippen LogP contribution is -2.46. The van der Waals surface area contributed by atoms with Gasteiger partial charge in [-0.25, -0.2) is 0 Å². The average Bonchev–Trinajstić information content (AvgIpc) is 2.67. The van der Waals surface area contributed by atoms with Gasteiger partial charge in [-0.2, -0.15) is 0 Å². The first kappa shape index (κ1) is 23.5.